The minimum Gasteiger partial charge on any atom is -0.351 e. The summed E-state index contributed by atoms with van der Waals surface area (Å²) in [4.78, 5) is 23.6. The highest BCUT2D eigenvalue weighted by Gasteiger charge is 2.27. The zero-order valence-electron chi connectivity index (χ0n) is 12.5. The molecule has 1 aliphatic heterocycles. The van der Waals surface area contributed by atoms with Crippen molar-refractivity contribution in [2.75, 3.05) is 11.9 Å². The van der Waals surface area contributed by atoms with Gasteiger partial charge in [0.15, 0.2) is 0 Å². The monoisotopic (exact) mass is 286 g/mol. The Labute approximate surface area is 125 Å². The Hall–Kier alpha value is -1.84. The third kappa shape index (κ3) is 3.09. The molecule has 0 bridgehead atoms. The molecule has 0 radical (unpaired) electrons. The predicted molar refractivity (Wildman–Crippen MR) is 82.3 cm³/mol. The Morgan fingerprint density at radius 2 is 2.05 bits per heavy atom. The number of hydrogen-bond acceptors (Lipinski definition) is 2. The lowest BCUT2D eigenvalue weighted by Gasteiger charge is -2.33. The molecule has 0 saturated heterocycles. The molecule has 2 amide bonds. The Balaban J connectivity index is 1.63. The molecular weight excluding hydrogens is 264 g/mol. The molecule has 0 aromatic heterocycles. The number of fused-ring (bicyclic) bond motifs is 1. The van der Waals surface area contributed by atoms with Gasteiger partial charge in [0.05, 0.1) is 6.42 Å². The number of nitrogens with one attached hydrogen (secondary N) is 2. The van der Waals surface area contributed by atoms with Crippen molar-refractivity contribution >= 4 is 17.5 Å². The minimum atomic E-state index is -0.0502. The number of carbonyl (C=O) groups excluding carboxylic acids is 2. The van der Waals surface area contributed by atoms with Gasteiger partial charge in [0, 0.05) is 17.8 Å². The van der Waals surface area contributed by atoms with Crippen LogP contribution in [-0.4, -0.2) is 18.4 Å². The van der Waals surface area contributed by atoms with Gasteiger partial charge in [-0.15, -0.1) is 0 Å². The fourth-order valence-electron chi connectivity index (χ4n) is 3.33. The van der Waals surface area contributed by atoms with Gasteiger partial charge in [-0.05, 0) is 36.0 Å². The van der Waals surface area contributed by atoms with Crippen molar-refractivity contribution in [1.82, 2.24) is 5.32 Å². The van der Waals surface area contributed by atoms with Crippen molar-refractivity contribution in [2.45, 2.75) is 45.4 Å². The molecule has 112 valence electrons. The average molecular weight is 286 g/mol. The first-order valence-electron chi connectivity index (χ1n) is 7.77. The number of rotatable bonds is 3. The zero-order valence-corrected chi connectivity index (χ0v) is 12.5. The van der Waals surface area contributed by atoms with E-state index in [1.165, 1.54) is 32.1 Å². The molecule has 4 nitrogen and oxygen atoms in total. The van der Waals surface area contributed by atoms with Crippen molar-refractivity contribution in [3.05, 3.63) is 29.3 Å². The number of hydrogen-bond donors (Lipinski definition) is 2. The number of benzene rings is 1. The molecule has 1 fully saturated rings. The van der Waals surface area contributed by atoms with Gasteiger partial charge in [0.25, 0.3) is 5.91 Å². The van der Waals surface area contributed by atoms with Gasteiger partial charge < -0.3 is 10.6 Å². The zero-order chi connectivity index (χ0) is 14.9. The second kappa shape index (κ2) is 5.51. The van der Waals surface area contributed by atoms with Crippen LogP contribution in [0, 0.1) is 5.41 Å². The van der Waals surface area contributed by atoms with Crippen molar-refractivity contribution in [3.63, 3.8) is 0 Å². The summed E-state index contributed by atoms with van der Waals surface area (Å²) < 4.78 is 0. The van der Waals surface area contributed by atoms with E-state index >= 15 is 0 Å². The van der Waals surface area contributed by atoms with Crippen LogP contribution in [0.4, 0.5) is 5.69 Å². The van der Waals surface area contributed by atoms with Crippen molar-refractivity contribution in [1.29, 1.82) is 0 Å². The first-order chi connectivity index (χ1) is 10.1. The second-order valence-corrected chi connectivity index (χ2v) is 6.65. The van der Waals surface area contributed by atoms with Crippen LogP contribution in [0.1, 0.15) is 54.9 Å². The first-order valence-corrected chi connectivity index (χ1v) is 7.77. The Morgan fingerprint density at radius 3 is 2.81 bits per heavy atom. The summed E-state index contributed by atoms with van der Waals surface area (Å²) in [5, 5.41) is 5.85. The van der Waals surface area contributed by atoms with E-state index < -0.39 is 0 Å². The van der Waals surface area contributed by atoms with Crippen LogP contribution in [-0.2, 0) is 11.2 Å². The molecule has 0 unspecified atom stereocenters. The Kier molecular flexibility index (Phi) is 3.70. The lowest BCUT2D eigenvalue weighted by molar-refractivity contribution is -0.115. The molecule has 4 heteroatoms. The van der Waals surface area contributed by atoms with Gasteiger partial charge in [0.2, 0.25) is 5.91 Å². The van der Waals surface area contributed by atoms with Crippen LogP contribution in [0.3, 0.4) is 0 Å². The van der Waals surface area contributed by atoms with Crippen LogP contribution in [0.25, 0.3) is 0 Å². The summed E-state index contributed by atoms with van der Waals surface area (Å²) in [6, 6.07) is 5.45. The van der Waals surface area contributed by atoms with Gasteiger partial charge in [-0.1, -0.05) is 32.3 Å². The van der Waals surface area contributed by atoms with E-state index in [1.54, 1.807) is 12.1 Å². The van der Waals surface area contributed by atoms with Gasteiger partial charge in [-0.25, -0.2) is 0 Å². The average Bonchev–Trinajstić information content (AvgIpc) is 2.84. The quantitative estimate of drug-likeness (QED) is 0.897. The first kappa shape index (κ1) is 14.1. The standard InChI is InChI=1S/C17H22N2O2/c1-17(7-3-2-4-8-17)11-18-16(21)13-6-5-12-10-15(20)19-14(12)9-13/h5-6,9H,2-4,7-8,10-11H2,1H3,(H,18,21)(H,19,20). The van der Waals surface area contributed by atoms with Gasteiger partial charge in [-0.2, -0.15) is 0 Å². The van der Waals surface area contributed by atoms with E-state index in [0.717, 1.165) is 17.8 Å². The van der Waals surface area contributed by atoms with Gasteiger partial charge >= 0.3 is 0 Å². The number of carbonyl (C=O) groups is 2. The molecule has 1 aromatic rings. The van der Waals surface area contributed by atoms with E-state index in [4.69, 9.17) is 0 Å². The highest BCUT2D eigenvalue weighted by molar-refractivity contribution is 6.02. The van der Waals surface area contributed by atoms with E-state index in [2.05, 4.69) is 17.6 Å². The molecule has 2 N–H and O–H groups in total. The topological polar surface area (TPSA) is 58.2 Å². The van der Waals surface area contributed by atoms with Crippen molar-refractivity contribution < 1.29 is 9.59 Å². The molecule has 3 rings (SSSR count). The molecule has 2 aliphatic rings. The normalized spacial score (nSPS) is 19.8. The largest absolute Gasteiger partial charge is 0.351 e. The van der Waals surface area contributed by atoms with Crippen LogP contribution >= 0.6 is 0 Å². The third-order valence-corrected chi connectivity index (χ3v) is 4.73. The fourth-order valence-corrected chi connectivity index (χ4v) is 3.33. The molecule has 21 heavy (non-hydrogen) atoms. The van der Waals surface area contributed by atoms with Gasteiger partial charge in [0.1, 0.15) is 0 Å². The molecule has 1 saturated carbocycles. The molecule has 0 spiro atoms. The number of anilines is 1. The lowest BCUT2D eigenvalue weighted by atomic mass is 9.76. The Bertz CT molecular complexity index is 574. The van der Waals surface area contributed by atoms with E-state index in [0.29, 0.717) is 12.0 Å². The molecular formula is C17H22N2O2. The predicted octanol–water partition coefficient (Wildman–Crippen LogP) is 2.88. The van der Waals surface area contributed by atoms with Crippen LogP contribution in [0.15, 0.2) is 18.2 Å². The minimum absolute atomic E-state index is 0.00252. The highest BCUT2D eigenvalue weighted by atomic mass is 16.2. The highest BCUT2D eigenvalue weighted by Crippen LogP contribution is 2.35. The Morgan fingerprint density at radius 1 is 1.29 bits per heavy atom. The van der Waals surface area contributed by atoms with Crippen molar-refractivity contribution in [3.8, 4) is 0 Å². The van der Waals surface area contributed by atoms with Crippen LogP contribution in [0.2, 0.25) is 0 Å². The van der Waals surface area contributed by atoms with Crippen LogP contribution in [0.5, 0.6) is 0 Å². The van der Waals surface area contributed by atoms with E-state index in [9.17, 15) is 9.59 Å². The maximum absolute atomic E-state index is 12.3. The summed E-state index contributed by atoms with van der Waals surface area (Å²) >= 11 is 0. The fraction of sp³-hybridized carbons (Fsp3) is 0.529. The summed E-state index contributed by atoms with van der Waals surface area (Å²) in [5.74, 6) is -0.0528. The second-order valence-electron chi connectivity index (χ2n) is 6.65. The van der Waals surface area contributed by atoms with E-state index in [1.807, 2.05) is 6.07 Å². The van der Waals surface area contributed by atoms with Crippen molar-refractivity contribution in [2.24, 2.45) is 5.41 Å². The summed E-state index contributed by atoms with van der Waals surface area (Å²) in [7, 11) is 0. The maximum atomic E-state index is 12.3. The number of amides is 2. The molecule has 1 aromatic carbocycles. The third-order valence-electron chi connectivity index (χ3n) is 4.73. The maximum Gasteiger partial charge on any atom is 0.251 e. The van der Waals surface area contributed by atoms with Crippen LogP contribution < -0.4 is 10.6 Å². The summed E-state index contributed by atoms with van der Waals surface area (Å²) in [5.41, 5.74) is 2.60. The summed E-state index contributed by atoms with van der Waals surface area (Å²) in [6.07, 6.45) is 6.62. The van der Waals surface area contributed by atoms with Gasteiger partial charge in [-0.3, -0.25) is 9.59 Å². The molecule has 1 heterocycles. The molecule has 0 atom stereocenters. The smallest absolute Gasteiger partial charge is 0.251 e. The summed E-state index contributed by atoms with van der Waals surface area (Å²) in [6.45, 7) is 2.99. The molecule has 1 aliphatic carbocycles. The lowest BCUT2D eigenvalue weighted by Crippen LogP contribution is -2.37. The SMILES string of the molecule is CC1(CNC(=O)c2ccc3c(c2)NC(=O)C3)CCCCC1. The van der Waals surface area contributed by atoms with E-state index in [-0.39, 0.29) is 17.2 Å².